The fourth-order valence-corrected chi connectivity index (χ4v) is 7.43. The zero-order valence-corrected chi connectivity index (χ0v) is 28.3. The predicted molar refractivity (Wildman–Crippen MR) is 186 cm³/mol. The Morgan fingerprint density at radius 2 is 1.48 bits per heavy atom. The van der Waals surface area contributed by atoms with Gasteiger partial charge in [0.25, 0.3) is 10.0 Å². The average Bonchev–Trinajstić information content (AvgIpc) is 3.63. The lowest BCUT2D eigenvalue weighted by Crippen LogP contribution is -2.54. The molecule has 1 aliphatic rings. The van der Waals surface area contributed by atoms with E-state index in [1.807, 2.05) is 61.5 Å². The number of carbonyl (C=O) groups excluding carboxylic acids is 2. The van der Waals surface area contributed by atoms with Crippen molar-refractivity contribution in [3.05, 3.63) is 120 Å². The van der Waals surface area contributed by atoms with Crippen LogP contribution < -0.4 is 19.1 Å². The lowest BCUT2D eigenvalue weighted by atomic mass is 10.0. The van der Waals surface area contributed by atoms with Gasteiger partial charge in [-0.1, -0.05) is 73.5 Å². The van der Waals surface area contributed by atoms with Crippen LogP contribution in [0.4, 0.5) is 5.69 Å². The molecular formula is C38H43N3O6S. The summed E-state index contributed by atoms with van der Waals surface area (Å²) >= 11 is 0. The van der Waals surface area contributed by atoms with Crippen molar-refractivity contribution in [2.45, 2.75) is 62.6 Å². The Balaban J connectivity index is 1.55. The number of anilines is 1. The van der Waals surface area contributed by atoms with Crippen molar-refractivity contribution in [2.24, 2.45) is 0 Å². The van der Waals surface area contributed by atoms with Crippen LogP contribution in [-0.4, -0.2) is 57.5 Å². The number of benzene rings is 4. The molecule has 1 saturated carbocycles. The van der Waals surface area contributed by atoms with Crippen LogP contribution in [0.15, 0.2) is 114 Å². The van der Waals surface area contributed by atoms with E-state index < -0.39 is 28.5 Å². The first kappa shape index (κ1) is 34.5. The molecule has 0 aromatic heterocycles. The minimum absolute atomic E-state index is 0.0155. The summed E-state index contributed by atoms with van der Waals surface area (Å²) in [5, 5.41) is 3.20. The minimum Gasteiger partial charge on any atom is -0.497 e. The molecule has 5 rings (SSSR count). The summed E-state index contributed by atoms with van der Waals surface area (Å²) in [4.78, 5) is 30.3. The number of hydrogen-bond donors (Lipinski definition) is 1. The zero-order chi connectivity index (χ0) is 33.9. The van der Waals surface area contributed by atoms with E-state index in [2.05, 4.69) is 5.32 Å². The summed E-state index contributed by atoms with van der Waals surface area (Å²) in [5.41, 5.74) is 1.96. The number of amides is 2. The molecule has 1 aliphatic carbocycles. The van der Waals surface area contributed by atoms with E-state index in [9.17, 15) is 18.0 Å². The topological polar surface area (TPSA) is 105 Å². The average molecular weight is 670 g/mol. The fraction of sp³-hybridized carbons (Fsp3) is 0.316. The summed E-state index contributed by atoms with van der Waals surface area (Å²) in [7, 11) is -2.64. The van der Waals surface area contributed by atoms with E-state index in [-0.39, 0.29) is 29.8 Å². The van der Waals surface area contributed by atoms with Crippen molar-refractivity contribution >= 4 is 27.5 Å². The van der Waals surface area contributed by atoms with Crippen molar-refractivity contribution in [3.8, 4) is 11.5 Å². The summed E-state index contributed by atoms with van der Waals surface area (Å²) in [5.74, 6) is 0.375. The molecule has 1 N–H and O–H groups in total. The number of methoxy groups -OCH3 is 1. The Bertz CT molecular complexity index is 1740. The lowest BCUT2D eigenvalue weighted by Gasteiger charge is -2.34. The number of rotatable bonds is 15. The van der Waals surface area contributed by atoms with Gasteiger partial charge < -0.3 is 19.7 Å². The number of sulfonamides is 1. The summed E-state index contributed by atoms with van der Waals surface area (Å²) in [6.45, 7) is 1.84. The molecule has 0 spiro atoms. The normalized spacial score (nSPS) is 13.8. The van der Waals surface area contributed by atoms with Gasteiger partial charge in [-0.3, -0.25) is 13.9 Å². The number of nitrogens with zero attached hydrogens (tertiary/aromatic N) is 2. The van der Waals surface area contributed by atoms with Crippen molar-refractivity contribution in [3.63, 3.8) is 0 Å². The van der Waals surface area contributed by atoms with Gasteiger partial charge in [0, 0.05) is 19.0 Å². The number of hydrogen-bond acceptors (Lipinski definition) is 6. The second kappa shape index (κ2) is 16.3. The van der Waals surface area contributed by atoms with Gasteiger partial charge in [0.05, 0.1) is 24.3 Å². The maximum Gasteiger partial charge on any atom is 0.264 e. The first-order chi connectivity index (χ1) is 23.3. The highest BCUT2D eigenvalue weighted by molar-refractivity contribution is 7.92. The first-order valence-corrected chi connectivity index (χ1v) is 17.8. The number of ether oxygens (including phenoxy) is 2. The number of para-hydroxylation sites is 1. The highest BCUT2D eigenvalue weighted by Gasteiger charge is 2.35. The molecule has 1 fully saturated rings. The standard InChI is InChI=1S/C38H43N3O6S/c1-3-47-33-21-23-35(24-22-33)48(44,45)41(32-18-8-5-9-19-32)28-37(42)40(27-30-15-12-20-34(25-30)46-2)36(26-29-13-6-4-7-14-29)38(43)39-31-16-10-11-17-31/h4-9,12-15,18-25,31,36H,3,10-11,16-17,26-28H2,1-2H3,(H,39,43)/t36-/m0/s1. The van der Waals surface area contributed by atoms with Crippen LogP contribution >= 0.6 is 0 Å². The van der Waals surface area contributed by atoms with Crippen LogP contribution in [0.25, 0.3) is 0 Å². The van der Waals surface area contributed by atoms with Crippen LogP contribution in [0.2, 0.25) is 0 Å². The maximum absolute atomic E-state index is 14.7. The Morgan fingerprint density at radius 3 is 2.12 bits per heavy atom. The molecule has 2 amide bonds. The molecule has 0 radical (unpaired) electrons. The molecule has 10 heteroatoms. The molecule has 0 bridgehead atoms. The van der Waals surface area contributed by atoms with E-state index in [0.717, 1.165) is 41.1 Å². The van der Waals surface area contributed by atoms with Crippen molar-refractivity contribution in [1.82, 2.24) is 10.2 Å². The Labute approximate surface area is 283 Å². The molecule has 0 aliphatic heterocycles. The highest BCUT2D eigenvalue weighted by Crippen LogP contribution is 2.27. The van der Waals surface area contributed by atoms with Crippen LogP contribution in [0.1, 0.15) is 43.7 Å². The van der Waals surface area contributed by atoms with Gasteiger partial charge >= 0.3 is 0 Å². The lowest BCUT2D eigenvalue weighted by molar-refractivity contribution is -0.140. The van der Waals surface area contributed by atoms with Crippen LogP contribution in [0.3, 0.4) is 0 Å². The summed E-state index contributed by atoms with van der Waals surface area (Å²) in [6, 6.07) is 30.7. The number of nitrogens with one attached hydrogen (secondary N) is 1. The first-order valence-electron chi connectivity index (χ1n) is 16.4. The molecule has 0 unspecified atom stereocenters. The third-order valence-electron chi connectivity index (χ3n) is 8.51. The molecule has 4 aromatic rings. The smallest absolute Gasteiger partial charge is 0.264 e. The molecule has 48 heavy (non-hydrogen) atoms. The molecule has 9 nitrogen and oxygen atoms in total. The summed E-state index contributed by atoms with van der Waals surface area (Å²) in [6.07, 6.45) is 4.10. The van der Waals surface area contributed by atoms with E-state index in [4.69, 9.17) is 9.47 Å². The summed E-state index contributed by atoms with van der Waals surface area (Å²) < 4.78 is 40.6. The maximum atomic E-state index is 14.7. The second-order valence-corrected chi connectivity index (χ2v) is 13.7. The van der Waals surface area contributed by atoms with Crippen molar-refractivity contribution < 1.29 is 27.5 Å². The van der Waals surface area contributed by atoms with Gasteiger partial charge in [-0.25, -0.2) is 8.42 Å². The third-order valence-corrected chi connectivity index (χ3v) is 10.3. The highest BCUT2D eigenvalue weighted by atomic mass is 32.2. The monoisotopic (exact) mass is 669 g/mol. The Hall–Kier alpha value is -4.83. The molecule has 4 aromatic carbocycles. The van der Waals surface area contributed by atoms with Gasteiger partial charge in [0.1, 0.15) is 24.1 Å². The minimum atomic E-state index is -4.21. The number of carbonyl (C=O) groups is 2. The molecule has 0 saturated heterocycles. The molecule has 0 heterocycles. The van der Waals surface area contributed by atoms with Crippen LogP contribution in [0.5, 0.6) is 11.5 Å². The van der Waals surface area contributed by atoms with E-state index in [1.54, 1.807) is 49.6 Å². The fourth-order valence-electron chi connectivity index (χ4n) is 6.01. The second-order valence-electron chi connectivity index (χ2n) is 11.8. The predicted octanol–water partition coefficient (Wildman–Crippen LogP) is 5.99. The molecular weight excluding hydrogens is 627 g/mol. The van der Waals surface area contributed by atoms with Gasteiger partial charge in [-0.05, 0) is 79.4 Å². The van der Waals surface area contributed by atoms with Crippen molar-refractivity contribution in [2.75, 3.05) is 24.6 Å². The molecule has 1 atom stereocenters. The van der Waals surface area contributed by atoms with Gasteiger partial charge in [0.2, 0.25) is 11.8 Å². The van der Waals surface area contributed by atoms with E-state index in [0.29, 0.717) is 23.8 Å². The van der Waals surface area contributed by atoms with E-state index in [1.165, 1.54) is 17.0 Å². The quantitative estimate of drug-likeness (QED) is 0.167. The SMILES string of the molecule is CCOc1ccc(S(=O)(=O)N(CC(=O)N(Cc2cccc(OC)c2)[C@@H](Cc2ccccc2)C(=O)NC2CCCC2)c2ccccc2)cc1. The third kappa shape index (κ3) is 8.74. The van der Waals surface area contributed by atoms with E-state index >= 15 is 0 Å². The van der Waals surface area contributed by atoms with Crippen molar-refractivity contribution in [1.29, 1.82) is 0 Å². The van der Waals surface area contributed by atoms with Gasteiger partial charge in [-0.15, -0.1) is 0 Å². The largest absolute Gasteiger partial charge is 0.497 e. The van der Waals surface area contributed by atoms with Gasteiger partial charge in [-0.2, -0.15) is 0 Å². The molecule has 252 valence electrons. The zero-order valence-electron chi connectivity index (χ0n) is 27.5. The Morgan fingerprint density at radius 1 is 0.833 bits per heavy atom. The van der Waals surface area contributed by atoms with Crippen LogP contribution in [0, 0.1) is 0 Å². The Kier molecular flexibility index (Phi) is 11.7. The van der Waals surface area contributed by atoms with Gasteiger partial charge in [0.15, 0.2) is 0 Å². The van der Waals surface area contributed by atoms with Crippen LogP contribution in [-0.2, 0) is 32.6 Å².